The molecule has 2 fully saturated rings. The molecule has 1 aromatic heterocycles. The fraction of sp³-hybridized carbons (Fsp3) is 0.556. The number of nitriles is 1. The van der Waals surface area contributed by atoms with E-state index in [1.807, 2.05) is 20.8 Å². The molecule has 2 aromatic carbocycles. The van der Waals surface area contributed by atoms with Crippen LogP contribution in [-0.2, 0) is 17.7 Å². The summed E-state index contributed by atoms with van der Waals surface area (Å²) in [6.45, 7) is 8.62. The van der Waals surface area contributed by atoms with Gasteiger partial charge in [-0.15, -0.1) is 0 Å². The van der Waals surface area contributed by atoms with Crippen LogP contribution in [0.25, 0.3) is 10.8 Å². The summed E-state index contributed by atoms with van der Waals surface area (Å²) in [5.74, 6) is 0.867. The first-order valence-electron chi connectivity index (χ1n) is 16.7. The van der Waals surface area contributed by atoms with Crippen molar-refractivity contribution in [2.45, 2.75) is 89.6 Å². The van der Waals surface area contributed by atoms with Crippen LogP contribution in [0.5, 0.6) is 6.01 Å². The van der Waals surface area contributed by atoms with Gasteiger partial charge in [0.2, 0.25) is 0 Å². The van der Waals surface area contributed by atoms with E-state index in [4.69, 9.17) is 19.4 Å². The third-order valence-electron chi connectivity index (χ3n) is 9.51. The van der Waals surface area contributed by atoms with Crippen molar-refractivity contribution in [3.05, 3.63) is 53.7 Å². The topological polar surface area (TPSA) is 98.1 Å². The maximum atomic E-state index is 13.1. The monoisotopic (exact) mass is 625 g/mol. The number of nitrogens with zero attached hydrogens (tertiary/aromatic N) is 7. The lowest BCUT2D eigenvalue weighted by Gasteiger charge is -2.42. The van der Waals surface area contributed by atoms with Crippen LogP contribution in [0.2, 0.25) is 0 Å². The highest BCUT2D eigenvalue weighted by Crippen LogP contribution is 2.36. The van der Waals surface area contributed by atoms with E-state index in [9.17, 15) is 10.1 Å². The fourth-order valence-electron chi connectivity index (χ4n) is 7.11. The SMILES string of the molecule is CN(C)C1CCC(Oc2nc3c(c(N4CCN(C(=O)OC(C)(C)C)C(CC#N)C4)n2)CCN(c2cccc4ccccc24)C3)CC1. The summed E-state index contributed by atoms with van der Waals surface area (Å²) in [7, 11) is 4.29. The molecule has 0 N–H and O–H groups in total. The Balaban J connectivity index is 1.30. The number of aromatic nitrogens is 2. The molecule has 0 radical (unpaired) electrons. The van der Waals surface area contributed by atoms with Gasteiger partial charge in [-0.25, -0.2) is 4.79 Å². The number of hydrogen-bond donors (Lipinski definition) is 0. The van der Waals surface area contributed by atoms with Crippen LogP contribution in [0.1, 0.15) is 64.1 Å². The van der Waals surface area contributed by atoms with Gasteiger partial charge in [-0.1, -0.05) is 36.4 Å². The molecule has 1 unspecified atom stereocenters. The number of hydrogen-bond acceptors (Lipinski definition) is 9. The fourth-order valence-corrected chi connectivity index (χ4v) is 7.11. The summed E-state index contributed by atoms with van der Waals surface area (Å²) in [6, 6.07) is 18.0. The predicted molar refractivity (Wildman–Crippen MR) is 180 cm³/mol. The van der Waals surface area contributed by atoms with E-state index in [1.54, 1.807) is 4.90 Å². The van der Waals surface area contributed by atoms with E-state index in [0.29, 0.717) is 38.2 Å². The average molecular weight is 626 g/mol. The molecule has 0 spiro atoms. The van der Waals surface area contributed by atoms with E-state index in [0.717, 1.165) is 55.7 Å². The largest absolute Gasteiger partial charge is 0.460 e. The van der Waals surface area contributed by atoms with Gasteiger partial charge in [0.25, 0.3) is 0 Å². The number of anilines is 2. The van der Waals surface area contributed by atoms with Crippen molar-refractivity contribution in [1.82, 2.24) is 19.8 Å². The maximum Gasteiger partial charge on any atom is 0.410 e. The van der Waals surface area contributed by atoms with Gasteiger partial charge in [-0.2, -0.15) is 15.2 Å². The van der Waals surface area contributed by atoms with Crippen LogP contribution < -0.4 is 14.5 Å². The Morgan fingerprint density at radius 1 is 1.00 bits per heavy atom. The van der Waals surface area contributed by atoms with Gasteiger partial charge in [0, 0.05) is 48.9 Å². The van der Waals surface area contributed by atoms with Crippen molar-refractivity contribution in [1.29, 1.82) is 5.26 Å². The predicted octanol–water partition coefficient (Wildman–Crippen LogP) is 5.78. The molecule has 3 aliphatic rings. The summed E-state index contributed by atoms with van der Waals surface area (Å²) in [5.41, 5.74) is 2.70. The second kappa shape index (κ2) is 13.3. The van der Waals surface area contributed by atoms with Crippen LogP contribution in [0.3, 0.4) is 0 Å². The van der Waals surface area contributed by atoms with Crippen LogP contribution in [-0.4, -0.2) is 89.9 Å². The molecule has 0 bridgehead atoms. The lowest BCUT2D eigenvalue weighted by atomic mass is 9.92. The molecule has 1 saturated carbocycles. The lowest BCUT2D eigenvalue weighted by molar-refractivity contribution is 0.0144. The number of rotatable bonds is 6. The van der Waals surface area contributed by atoms with Crippen LogP contribution >= 0.6 is 0 Å². The molecule has 1 amide bonds. The standard InChI is InChI=1S/C36H47N7O3/c1-36(2,3)46-35(44)43-22-21-42(23-27(43)17-19-37)33-30-18-20-41(32-12-8-10-25-9-6-7-11-29(25)32)24-31(30)38-34(39-33)45-28-15-13-26(14-16-28)40(4)5/h6-12,26-28H,13-18,20-24H2,1-5H3. The van der Waals surface area contributed by atoms with Gasteiger partial charge < -0.3 is 29.1 Å². The van der Waals surface area contributed by atoms with Crippen molar-refractivity contribution < 1.29 is 14.3 Å². The molecule has 2 aliphatic heterocycles. The molecule has 10 nitrogen and oxygen atoms in total. The number of carbonyl (C=O) groups is 1. The van der Waals surface area contributed by atoms with Gasteiger partial charge in [-0.05, 0) is 78.4 Å². The summed E-state index contributed by atoms with van der Waals surface area (Å²) in [4.78, 5) is 31.9. The highest BCUT2D eigenvalue weighted by Gasteiger charge is 2.36. The van der Waals surface area contributed by atoms with Crippen molar-refractivity contribution >= 4 is 28.4 Å². The van der Waals surface area contributed by atoms with Crippen LogP contribution in [0.15, 0.2) is 42.5 Å². The van der Waals surface area contributed by atoms with E-state index in [1.165, 1.54) is 16.5 Å². The minimum atomic E-state index is -0.606. The second-order valence-corrected chi connectivity index (χ2v) is 14.1. The first kappa shape index (κ1) is 31.9. The maximum absolute atomic E-state index is 13.1. The van der Waals surface area contributed by atoms with Crippen molar-refractivity contribution in [3.8, 4) is 12.1 Å². The first-order valence-corrected chi connectivity index (χ1v) is 16.7. The minimum absolute atomic E-state index is 0.0789. The van der Waals surface area contributed by atoms with Crippen molar-refractivity contribution in [2.75, 3.05) is 50.1 Å². The molecular weight excluding hydrogens is 578 g/mol. The molecular formula is C36H47N7O3. The zero-order valence-electron chi connectivity index (χ0n) is 27.9. The van der Waals surface area contributed by atoms with E-state index in [-0.39, 0.29) is 24.7 Å². The van der Waals surface area contributed by atoms with E-state index >= 15 is 0 Å². The van der Waals surface area contributed by atoms with Gasteiger partial charge in [0.05, 0.1) is 30.8 Å². The molecule has 6 rings (SSSR count). The first-order chi connectivity index (χ1) is 22.1. The van der Waals surface area contributed by atoms with E-state index in [2.05, 4.69) is 77.3 Å². The number of fused-ring (bicyclic) bond motifs is 2. The zero-order chi connectivity index (χ0) is 32.4. The quantitative estimate of drug-likeness (QED) is 0.338. The Hall–Kier alpha value is -4.10. The number of amides is 1. The van der Waals surface area contributed by atoms with Gasteiger partial charge in [0.1, 0.15) is 17.5 Å². The van der Waals surface area contributed by atoms with Gasteiger partial charge >= 0.3 is 12.1 Å². The summed E-state index contributed by atoms with van der Waals surface area (Å²) in [6.07, 6.45) is 4.84. The Kier molecular flexibility index (Phi) is 9.23. The van der Waals surface area contributed by atoms with Crippen molar-refractivity contribution in [3.63, 3.8) is 0 Å². The minimum Gasteiger partial charge on any atom is -0.460 e. The summed E-state index contributed by atoms with van der Waals surface area (Å²) >= 11 is 0. The van der Waals surface area contributed by atoms with Gasteiger partial charge in [0.15, 0.2) is 0 Å². The Bertz CT molecular complexity index is 1580. The third-order valence-corrected chi connectivity index (χ3v) is 9.51. The lowest BCUT2D eigenvalue weighted by Crippen LogP contribution is -2.56. The molecule has 244 valence electrons. The third kappa shape index (κ3) is 7.00. The van der Waals surface area contributed by atoms with E-state index < -0.39 is 5.60 Å². The summed E-state index contributed by atoms with van der Waals surface area (Å²) in [5, 5.41) is 12.1. The van der Waals surface area contributed by atoms with Crippen LogP contribution in [0.4, 0.5) is 16.3 Å². The molecule has 10 heteroatoms. The summed E-state index contributed by atoms with van der Waals surface area (Å²) < 4.78 is 12.3. The molecule has 46 heavy (non-hydrogen) atoms. The smallest absolute Gasteiger partial charge is 0.410 e. The number of piperazine rings is 1. The van der Waals surface area contributed by atoms with Gasteiger partial charge in [-0.3, -0.25) is 0 Å². The normalized spacial score (nSPS) is 22.0. The molecule has 1 aliphatic carbocycles. The number of benzene rings is 2. The second-order valence-electron chi connectivity index (χ2n) is 14.1. The van der Waals surface area contributed by atoms with Crippen LogP contribution in [0, 0.1) is 11.3 Å². The molecule has 3 heterocycles. The Morgan fingerprint density at radius 2 is 1.76 bits per heavy atom. The molecule has 1 saturated heterocycles. The highest BCUT2D eigenvalue weighted by molar-refractivity contribution is 5.94. The molecule has 3 aromatic rings. The Labute approximate surface area is 272 Å². The number of ether oxygens (including phenoxy) is 2. The molecule has 1 atom stereocenters. The number of carbonyl (C=O) groups excluding carboxylic acids is 1. The Morgan fingerprint density at radius 3 is 2.50 bits per heavy atom. The highest BCUT2D eigenvalue weighted by atomic mass is 16.6. The zero-order valence-corrected chi connectivity index (χ0v) is 27.9. The average Bonchev–Trinajstić information content (AvgIpc) is 3.03. The van der Waals surface area contributed by atoms with Crippen molar-refractivity contribution in [2.24, 2.45) is 0 Å².